The van der Waals surface area contributed by atoms with Crippen LogP contribution < -0.4 is 5.32 Å². The predicted molar refractivity (Wildman–Crippen MR) is 78.1 cm³/mol. The number of anilines is 1. The van der Waals surface area contributed by atoms with Gasteiger partial charge in [0.05, 0.1) is 29.4 Å². The molecule has 1 heterocycles. The topological polar surface area (TPSA) is 60.5 Å². The molecule has 0 spiro atoms. The number of nitrogens with one attached hydrogen (secondary N) is 1. The summed E-state index contributed by atoms with van der Waals surface area (Å²) in [5, 5.41) is 4.16. The standard InChI is InChI=1S/C14H15ClN2O3/c1-19-7-8-20-9-13(18)17-12-5-4-11(15)10-3-2-6-16-14(10)12/h2-6H,7-9H2,1H3,(H,17,18). The monoisotopic (exact) mass is 294 g/mol. The van der Waals surface area contributed by atoms with Crippen molar-refractivity contribution in [3.05, 3.63) is 35.5 Å². The van der Waals surface area contributed by atoms with Crippen LogP contribution in [0.15, 0.2) is 30.5 Å². The number of rotatable bonds is 6. The van der Waals surface area contributed by atoms with Crippen molar-refractivity contribution in [2.24, 2.45) is 0 Å². The van der Waals surface area contributed by atoms with Crippen LogP contribution in [0.2, 0.25) is 5.02 Å². The van der Waals surface area contributed by atoms with Gasteiger partial charge in [-0.25, -0.2) is 0 Å². The van der Waals surface area contributed by atoms with E-state index in [1.807, 2.05) is 6.07 Å². The maximum absolute atomic E-state index is 11.8. The summed E-state index contributed by atoms with van der Waals surface area (Å²) in [6, 6.07) is 7.11. The van der Waals surface area contributed by atoms with Crippen molar-refractivity contribution in [2.45, 2.75) is 0 Å². The van der Waals surface area contributed by atoms with Crippen molar-refractivity contribution in [3.8, 4) is 0 Å². The van der Waals surface area contributed by atoms with Crippen molar-refractivity contribution in [1.82, 2.24) is 4.98 Å². The summed E-state index contributed by atoms with van der Waals surface area (Å²) in [5.41, 5.74) is 1.27. The van der Waals surface area contributed by atoms with E-state index < -0.39 is 0 Å². The Bertz CT molecular complexity index is 604. The third kappa shape index (κ3) is 3.66. The van der Waals surface area contributed by atoms with Gasteiger partial charge in [0.1, 0.15) is 6.61 Å². The van der Waals surface area contributed by atoms with Gasteiger partial charge in [0.2, 0.25) is 5.91 Å². The van der Waals surface area contributed by atoms with Crippen LogP contribution in [0.25, 0.3) is 10.9 Å². The van der Waals surface area contributed by atoms with Gasteiger partial charge in [0.25, 0.3) is 0 Å². The van der Waals surface area contributed by atoms with Gasteiger partial charge in [-0.15, -0.1) is 0 Å². The molecule has 5 nitrogen and oxygen atoms in total. The van der Waals surface area contributed by atoms with E-state index in [-0.39, 0.29) is 12.5 Å². The van der Waals surface area contributed by atoms with Gasteiger partial charge in [-0.3, -0.25) is 9.78 Å². The first kappa shape index (κ1) is 14.7. The second-order valence-corrected chi connectivity index (χ2v) is 4.50. The lowest BCUT2D eigenvalue weighted by Gasteiger charge is -2.09. The molecule has 0 aliphatic heterocycles. The first-order valence-corrected chi connectivity index (χ1v) is 6.50. The molecule has 6 heteroatoms. The first-order valence-electron chi connectivity index (χ1n) is 6.12. The van der Waals surface area contributed by atoms with Crippen LogP contribution in [0.5, 0.6) is 0 Å². The second-order valence-electron chi connectivity index (χ2n) is 4.09. The van der Waals surface area contributed by atoms with Crippen LogP contribution in [-0.2, 0) is 14.3 Å². The lowest BCUT2D eigenvalue weighted by atomic mass is 10.2. The highest BCUT2D eigenvalue weighted by Crippen LogP contribution is 2.27. The molecule has 0 bridgehead atoms. The van der Waals surface area contributed by atoms with Gasteiger partial charge in [-0.05, 0) is 24.3 Å². The van der Waals surface area contributed by atoms with Crippen molar-refractivity contribution in [3.63, 3.8) is 0 Å². The molecule has 1 aromatic heterocycles. The number of aromatic nitrogens is 1. The predicted octanol–water partition coefficient (Wildman–Crippen LogP) is 2.49. The van der Waals surface area contributed by atoms with E-state index in [2.05, 4.69) is 10.3 Å². The van der Waals surface area contributed by atoms with Crippen molar-refractivity contribution in [1.29, 1.82) is 0 Å². The number of nitrogens with zero attached hydrogens (tertiary/aromatic N) is 1. The zero-order valence-corrected chi connectivity index (χ0v) is 11.8. The van der Waals surface area contributed by atoms with E-state index in [0.717, 1.165) is 5.39 Å². The number of amides is 1. The highest BCUT2D eigenvalue weighted by atomic mass is 35.5. The van der Waals surface area contributed by atoms with Gasteiger partial charge in [0.15, 0.2) is 0 Å². The Morgan fingerprint density at radius 2 is 2.20 bits per heavy atom. The van der Waals surface area contributed by atoms with Crippen LogP contribution in [0.1, 0.15) is 0 Å². The summed E-state index contributed by atoms with van der Waals surface area (Å²) >= 11 is 6.09. The summed E-state index contributed by atoms with van der Waals surface area (Å²) < 4.78 is 9.99. The molecule has 0 aliphatic carbocycles. The molecule has 2 rings (SSSR count). The fourth-order valence-corrected chi connectivity index (χ4v) is 1.95. The molecule has 2 aromatic rings. The minimum Gasteiger partial charge on any atom is -0.382 e. The molecule has 20 heavy (non-hydrogen) atoms. The molecule has 1 amide bonds. The number of carbonyl (C=O) groups excluding carboxylic acids is 1. The molecular formula is C14H15ClN2O3. The van der Waals surface area contributed by atoms with E-state index in [9.17, 15) is 4.79 Å². The van der Waals surface area contributed by atoms with Gasteiger partial charge in [0, 0.05) is 18.7 Å². The SMILES string of the molecule is COCCOCC(=O)Nc1ccc(Cl)c2cccnc12. The summed E-state index contributed by atoms with van der Waals surface area (Å²) in [6.07, 6.45) is 1.66. The number of halogens is 1. The molecule has 0 fully saturated rings. The van der Waals surface area contributed by atoms with Gasteiger partial charge in [-0.1, -0.05) is 11.6 Å². The van der Waals surface area contributed by atoms with Crippen molar-refractivity contribution in [2.75, 3.05) is 32.2 Å². The van der Waals surface area contributed by atoms with Crippen LogP contribution in [-0.4, -0.2) is 37.8 Å². The van der Waals surface area contributed by atoms with Crippen molar-refractivity contribution >= 4 is 34.1 Å². The zero-order valence-electron chi connectivity index (χ0n) is 11.1. The van der Waals surface area contributed by atoms with E-state index >= 15 is 0 Å². The van der Waals surface area contributed by atoms with Crippen LogP contribution >= 0.6 is 11.6 Å². The van der Waals surface area contributed by atoms with Crippen molar-refractivity contribution < 1.29 is 14.3 Å². The minimum atomic E-state index is -0.240. The lowest BCUT2D eigenvalue weighted by Crippen LogP contribution is -2.19. The number of ether oxygens (including phenoxy) is 2. The Balaban J connectivity index is 2.06. The van der Waals surface area contributed by atoms with E-state index in [1.54, 1.807) is 31.5 Å². The molecule has 0 unspecified atom stereocenters. The maximum Gasteiger partial charge on any atom is 0.250 e. The largest absolute Gasteiger partial charge is 0.382 e. The molecule has 1 aromatic carbocycles. The molecular weight excluding hydrogens is 280 g/mol. The molecule has 0 atom stereocenters. The van der Waals surface area contributed by atoms with Crippen LogP contribution in [0.4, 0.5) is 5.69 Å². The fourth-order valence-electron chi connectivity index (χ4n) is 1.73. The molecule has 0 saturated carbocycles. The van der Waals surface area contributed by atoms with Gasteiger partial charge in [-0.2, -0.15) is 0 Å². The average molecular weight is 295 g/mol. The Morgan fingerprint density at radius 1 is 1.35 bits per heavy atom. The van der Waals surface area contributed by atoms with E-state index in [1.165, 1.54) is 0 Å². The highest BCUT2D eigenvalue weighted by Gasteiger charge is 2.08. The summed E-state index contributed by atoms with van der Waals surface area (Å²) in [6.45, 7) is 0.808. The quantitative estimate of drug-likeness (QED) is 0.832. The number of hydrogen-bond acceptors (Lipinski definition) is 4. The Labute approximate surface area is 121 Å². The Morgan fingerprint density at radius 3 is 3.00 bits per heavy atom. The Hall–Kier alpha value is -1.69. The molecule has 106 valence electrons. The normalized spacial score (nSPS) is 10.7. The zero-order chi connectivity index (χ0) is 14.4. The number of benzene rings is 1. The molecule has 1 N–H and O–H groups in total. The average Bonchev–Trinajstić information content (AvgIpc) is 2.47. The fraction of sp³-hybridized carbons (Fsp3) is 0.286. The third-order valence-corrected chi connectivity index (χ3v) is 2.99. The maximum atomic E-state index is 11.8. The summed E-state index contributed by atoms with van der Waals surface area (Å²) in [7, 11) is 1.58. The Kier molecular flexibility index (Phi) is 5.29. The molecule has 0 saturated heterocycles. The number of carbonyl (C=O) groups is 1. The molecule has 0 radical (unpaired) electrons. The number of fused-ring (bicyclic) bond motifs is 1. The first-order chi connectivity index (χ1) is 9.72. The van der Waals surface area contributed by atoms with E-state index in [0.29, 0.717) is 29.4 Å². The smallest absolute Gasteiger partial charge is 0.250 e. The van der Waals surface area contributed by atoms with Gasteiger partial charge >= 0.3 is 0 Å². The number of methoxy groups -OCH3 is 1. The van der Waals surface area contributed by atoms with Gasteiger partial charge < -0.3 is 14.8 Å². The van der Waals surface area contributed by atoms with Crippen LogP contribution in [0, 0.1) is 0 Å². The van der Waals surface area contributed by atoms with E-state index in [4.69, 9.17) is 21.1 Å². The second kappa shape index (κ2) is 7.19. The third-order valence-electron chi connectivity index (χ3n) is 2.66. The summed E-state index contributed by atoms with van der Waals surface area (Å²) in [5.74, 6) is -0.240. The van der Waals surface area contributed by atoms with Crippen LogP contribution in [0.3, 0.4) is 0 Å². The lowest BCUT2D eigenvalue weighted by molar-refractivity contribution is -0.121. The summed E-state index contributed by atoms with van der Waals surface area (Å²) in [4.78, 5) is 16.0. The number of pyridine rings is 1. The minimum absolute atomic E-state index is 0.0275. The molecule has 0 aliphatic rings. The highest BCUT2D eigenvalue weighted by molar-refractivity contribution is 6.35. The number of hydrogen-bond donors (Lipinski definition) is 1.